The second kappa shape index (κ2) is 9.50. The molecule has 0 aromatic heterocycles. The van der Waals surface area contributed by atoms with Gasteiger partial charge in [-0.15, -0.1) is 0 Å². The molecule has 28 heavy (non-hydrogen) atoms. The van der Waals surface area contributed by atoms with Crippen molar-refractivity contribution in [2.75, 3.05) is 0 Å². The van der Waals surface area contributed by atoms with Crippen LogP contribution in [0.1, 0.15) is 30.0 Å². The van der Waals surface area contributed by atoms with Gasteiger partial charge in [-0.05, 0) is 71.4 Å². The standard InChI is InChI=1S/C24H21F2NS/c1-2-3-17-4-6-18(7-5-17)8-9-19-10-12-20(13-11-19)21-14-22(25)24(27-16-28)23(26)15-21/h4-7,10-15H,2-3,8-9H2,1H3. The molecule has 0 N–H and O–H groups in total. The van der Waals surface area contributed by atoms with Crippen LogP contribution < -0.4 is 0 Å². The molecule has 0 heterocycles. The van der Waals surface area contributed by atoms with Crippen molar-refractivity contribution in [2.45, 2.75) is 32.6 Å². The van der Waals surface area contributed by atoms with E-state index in [2.05, 4.69) is 48.4 Å². The zero-order chi connectivity index (χ0) is 19.9. The number of nitrogens with zero attached hydrogens (tertiary/aromatic N) is 1. The van der Waals surface area contributed by atoms with Crippen LogP contribution >= 0.6 is 12.2 Å². The molecule has 0 saturated heterocycles. The number of benzene rings is 3. The van der Waals surface area contributed by atoms with Gasteiger partial charge in [0.25, 0.3) is 0 Å². The molecule has 0 aliphatic heterocycles. The molecular formula is C24H21F2NS. The van der Waals surface area contributed by atoms with Crippen LogP contribution in [0.2, 0.25) is 0 Å². The maximum absolute atomic E-state index is 14.0. The zero-order valence-corrected chi connectivity index (χ0v) is 16.5. The fourth-order valence-corrected chi connectivity index (χ4v) is 3.29. The van der Waals surface area contributed by atoms with Gasteiger partial charge >= 0.3 is 0 Å². The van der Waals surface area contributed by atoms with Crippen LogP contribution in [-0.2, 0) is 19.3 Å². The first-order chi connectivity index (χ1) is 13.6. The minimum atomic E-state index is -0.747. The van der Waals surface area contributed by atoms with E-state index in [4.69, 9.17) is 0 Å². The number of aliphatic imine (C=N–C) groups is 1. The average Bonchev–Trinajstić information content (AvgIpc) is 2.71. The molecule has 0 radical (unpaired) electrons. The minimum absolute atomic E-state index is 0.402. The van der Waals surface area contributed by atoms with Crippen molar-refractivity contribution < 1.29 is 8.78 Å². The second-order valence-corrected chi connectivity index (χ2v) is 6.94. The van der Waals surface area contributed by atoms with Crippen molar-refractivity contribution in [3.05, 3.63) is 89.0 Å². The largest absolute Gasteiger partial charge is 0.204 e. The molecule has 142 valence electrons. The van der Waals surface area contributed by atoms with E-state index < -0.39 is 17.3 Å². The third-order valence-corrected chi connectivity index (χ3v) is 4.82. The van der Waals surface area contributed by atoms with E-state index in [-0.39, 0.29) is 0 Å². The molecule has 3 aromatic rings. The summed E-state index contributed by atoms with van der Waals surface area (Å²) in [6, 6.07) is 19.1. The summed E-state index contributed by atoms with van der Waals surface area (Å²) in [5, 5.41) is 2.00. The van der Waals surface area contributed by atoms with Crippen molar-refractivity contribution in [3.63, 3.8) is 0 Å². The Kier molecular flexibility index (Phi) is 6.80. The Hall–Kier alpha value is -2.68. The lowest BCUT2D eigenvalue weighted by Crippen LogP contribution is -1.93. The molecule has 1 nitrogen and oxygen atoms in total. The van der Waals surface area contributed by atoms with Crippen molar-refractivity contribution in [3.8, 4) is 11.1 Å². The van der Waals surface area contributed by atoms with E-state index >= 15 is 0 Å². The first-order valence-corrected chi connectivity index (χ1v) is 9.75. The highest BCUT2D eigenvalue weighted by Crippen LogP contribution is 2.29. The number of isothiocyanates is 1. The Morgan fingerprint density at radius 2 is 1.21 bits per heavy atom. The number of hydrogen-bond acceptors (Lipinski definition) is 2. The molecule has 3 aromatic carbocycles. The van der Waals surface area contributed by atoms with Gasteiger partial charge in [0.1, 0.15) is 5.69 Å². The van der Waals surface area contributed by atoms with Crippen LogP contribution in [0, 0.1) is 11.6 Å². The van der Waals surface area contributed by atoms with Gasteiger partial charge in [0, 0.05) is 0 Å². The molecule has 4 heteroatoms. The lowest BCUT2D eigenvalue weighted by atomic mass is 9.99. The zero-order valence-electron chi connectivity index (χ0n) is 15.7. The number of thiocarbonyl (C=S) groups is 1. The molecule has 0 aliphatic rings. The van der Waals surface area contributed by atoms with Gasteiger partial charge in [-0.25, -0.2) is 8.78 Å². The van der Waals surface area contributed by atoms with Crippen LogP contribution in [0.25, 0.3) is 11.1 Å². The highest BCUT2D eigenvalue weighted by molar-refractivity contribution is 7.78. The molecule has 0 aliphatic carbocycles. The smallest absolute Gasteiger partial charge is 0.153 e. The summed E-state index contributed by atoms with van der Waals surface area (Å²) in [5.74, 6) is -1.49. The van der Waals surface area contributed by atoms with Crippen LogP contribution in [-0.4, -0.2) is 5.16 Å². The van der Waals surface area contributed by atoms with E-state index in [0.29, 0.717) is 5.56 Å². The quantitative estimate of drug-likeness (QED) is 0.308. The molecule has 0 fully saturated rings. The lowest BCUT2D eigenvalue weighted by molar-refractivity contribution is 0.588. The van der Waals surface area contributed by atoms with Crippen molar-refractivity contribution in [1.82, 2.24) is 0 Å². The van der Waals surface area contributed by atoms with Gasteiger partial charge in [0.2, 0.25) is 0 Å². The molecule has 0 saturated carbocycles. The molecule has 3 rings (SSSR count). The number of rotatable bonds is 7. The predicted octanol–water partition coefficient (Wildman–Crippen LogP) is 7.10. The summed E-state index contributed by atoms with van der Waals surface area (Å²) in [5.41, 5.74) is 4.68. The molecule has 0 bridgehead atoms. The van der Waals surface area contributed by atoms with Crippen molar-refractivity contribution in [1.29, 1.82) is 0 Å². The fourth-order valence-electron chi connectivity index (χ4n) is 3.20. The van der Waals surface area contributed by atoms with Crippen molar-refractivity contribution >= 4 is 23.1 Å². The third-order valence-electron chi connectivity index (χ3n) is 4.73. The molecule has 0 amide bonds. The Bertz CT molecular complexity index is 965. The van der Waals surface area contributed by atoms with Crippen LogP contribution in [0.3, 0.4) is 0 Å². The fraction of sp³-hybridized carbons (Fsp3) is 0.208. The summed E-state index contributed by atoms with van der Waals surface area (Å²) in [6.45, 7) is 2.18. The Balaban J connectivity index is 1.69. The van der Waals surface area contributed by atoms with Gasteiger partial charge in [-0.2, -0.15) is 4.99 Å². The molecule has 0 unspecified atom stereocenters. The Morgan fingerprint density at radius 1 is 0.750 bits per heavy atom. The Morgan fingerprint density at radius 3 is 1.68 bits per heavy atom. The van der Waals surface area contributed by atoms with Crippen molar-refractivity contribution in [2.24, 2.45) is 4.99 Å². The van der Waals surface area contributed by atoms with Gasteiger partial charge in [0.15, 0.2) is 11.6 Å². The highest BCUT2D eigenvalue weighted by atomic mass is 32.1. The number of hydrogen-bond donors (Lipinski definition) is 0. The topological polar surface area (TPSA) is 12.4 Å². The first-order valence-electron chi connectivity index (χ1n) is 9.34. The average molecular weight is 394 g/mol. The molecule has 0 atom stereocenters. The highest BCUT2D eigenvalue weighted by Gasteiger charge is 2.11. The predicted molar refractivity (Wildman–Crippen MR) is 114 cm³/mol. The number of halogens is 2. The third kappa shape index (κ3) is 4.98. The summed E-state index contributed by atoms with van der Waals surface area (Å²) in [7, 11) is 0. The van der Waals surface area contributed by atoms with E-state index in [1.165, 1.54) is 28.8 Å². The van der Waals surface area contributed by atoms with E-state index in [9.17, 15) is 8.78 Å². The second-order valence-electron chi connectivity index (χ2n) is 6.76. The van der Waals surface area contributed by atoms with Gasteiger partial charge < -0.3 is 0 Å². The summed E-state index contributed by atoms with van der Waals surface area (Å²) < 4.78 is 28.1. The van der Waals surface area contributed by atoms with Crippen LogP contribution in [0.15, 0.2) is 65.7 Å². The van der Waals surface area contributed by atoms with E-state index in [1.54, 1.807) is 0 Å². The van der Waals surface area contributed by atoms with Crippen LogP contribution in [0.4, 0.5) is 14.5 Å². The van der Waals surface area contributed by atoms with E-state index in [1.807, 2.05) is 29.4 Å². The lowest BCUT2D eigenvalue weighted by Gasteiger charge is -2.07. The summed E-state index contributed by atoms with van der Waals surface area (Å²) in [4.78, 5) is 3.44. The van der Waals surface area contributed by atoms with E-state index in [0.717, 1.165) is 31.2 Å². The monoisotopic (exact) mass is 393 g/mol. The van der Waals surface area contributed by atoms with Gasteiger partial charge in [-0.3, -0.25) is 0 Å². The molecular weight excluding hydrogens is 372 g/mol. The first kappa shape index (κ1) is 20.1. The maximum Gasteiger partial charge on any atom is 0.153 e. The van der Waals surface area contributed by atoms with Gasteiger partial charge in [0.05, 0.1) is 5.16 Å². The Labute approximate surface area is 169 Å². The number of aryl methyl sites for hydroxylation is 3. The summed E-state index contributed by atoms with van der Waals surface area (Å²) in [6.07, 6.45) is 4.14. The minimum Gasteiger partial charge on any atom is -0.204 e. The normalized spacial score (nSPS) is 10.5. The maximum atomic E-state index is 14.0. The van der Waals surface area contributed by atoms with Crippen LogP contribution in [0.5, 0.6) is 0 Å². The molecule has 0 spiro atoms. The SMILES string of the molecule is CCCc1ccc(CCc2ccc(-c3cc(F)c(N=C=S)c(F)c3)cc2)cc1. The van der Waals surface area contributed by atoms with Gasteiger partial charge in [-0.1, -0.05) is 61.9 Å². The summed E-state index contributed by atoms with van der Waals surface area (Å²) >= 11 is 4.42.